The van der Waals surface area contributed by atoms with E-state index in [9.17, 15) is 9.59 Å². The molecule has 19 heavy (non-hydrogen) atoms. The number of hydrogen-bond acceptors (Lipinski definition) is 3. The van der Waals surface area contributed by atoms with Gasteiger partial charge in [-0.2, -0.15) is 0 Å². The first-order valence-corrected chi connectivity index (χ1v) is 6.60. The molecular weight excluding hydrogens is 240 g/mol. The lowest BCUT2D eigenvalue weighted by Gasteiger charge is -2.20. The summed E-state index contributed by atoms with van der Waals surface area (Å²) in [5, 5.41) is 0. The second-order valence-corrected chi connectivity index (χ2v) is 6.20. The van der Waals surface area contributed by atoms with Crippen LogP contribution in [0.1, 0.15) is 51.3 Å². The number of ketones is 1. The average molecular weight is 260 g/mol. The normalized spacial score (nSPS) is 23.3. The Hall–Kier alpha value is -1.64. The Bertz CT molecular complexity index is 494. The Morgan fingerprint density at radius 1 is 1.21 bits per heavy atom. The van der Waals surface area contributed by atoms with Crippen molar-refractivity contribution >= 4 is 11.8 Å². The number of hydrogen-bond donors (Lipinski definition) is 0. The van der Waals surface area contributed by atoms with Crippen molar-refractivity contribution < 1.29 is 14.3 Å². The van der Waals surface area contributed by atoms with Crippen LogP contribution in [-0.2, 0) is 19.7 Å². The fourth-order valence-corrected chi connectivity index (χ4v) is 2.31. The third kappa shape index (κ3) is 2.86. The number of cyclic esters (lactones) is 1. The molecule has 0 spiro atoms. The Morgan fingerprint density at radius 2 is 1.79 bits per heavy atom. The molecule has 2 atom stereocenters. The number of ether oxygens (including phenoxy) is 1. The van der Waals surface area contributed by atoms with Gasteiger partial charge in [-0.05, 0) is 23.5 Å². The number of esters is 1. The third-order valence-electron chi connectivity index (χ3n) is 3.63. The standard InChI is InChI=1S/C16H20O3/c1-10(17)13-9-14(19-15(13)18)11-5-7-12(8-6-11)16(2,3)4/h5-8,13-14H,9H2,1-4H3. The number of Topliss-reactive ketones (excluding diaryl/α,β-unsaturated/α-hetero) is 1. The Kier molecular flexibility index (Phi) is 3.48. The van der Waals surface area contributed by atoms with Gasteiger partial charge in [0.15, 0.2) is 0 Å². The highest BCUT2D eigenvalue weighted by Crippen LogP contribution is 2.34. The molecule has 1 aliphatic rings. The van der Waals surface area contributed by atoms with Crippen LogP contribution in [0.2, 0.25) is 0 Å². The van der Waals surface area contributed by atoms with Crippen molar-refractivity contribution in [1.29, 1.82) is 0 Å². The van der Waals surface area contributed by atoms with Gasteiger partial charge in [-0.3, -0.25) is 9.59 Å². The molecule has 0 radical (unpaired) electrons. The van der Waals surface area contributed by atoms with Crippen LogP contribution < -0.4 is 0 Å². The van der Waals surface area contributed by atoms with Crippen molar-refractivity contribution in [2.24, 2.45) is 5.92 Å². The fraction of sp³-hybridized carbons (Fsp3) is 0.500. The molecule has 0 bridgehead atoms. The maximum atomic E-state index is 11.6. The van der Waals surface area contributed by atoms with E-state index in [1.807, 2.05) is 12.1 Å². The molecule has 0 amide bonds. The summed E-state index contributed by atoms with van der Waals surface area (Å²) in [5.41, 5.74) is 2.31. The fourth-order valence-electron chi connectivity index (χ4n) is 2.31. The van der Waals surface area contributed by atoms with E-state index in [-0.39, 0.29) is 17.3 Å². The molecule has 2 unspecified atom stereocenters. The third-order valence-corrected chi connectivity index (χ3v) is 3.63. The molecule has 3 heteroatoms. The summed E-state index contributed by atoms with van der Waals surface area (Å²) in [6, 6.07) is 8.09. The first-order valence-electron chi connectivity index (χ1n) is 6.60. The van der Waals surface area contributed by atoms with Gasteiger partial charge in [0, 0.05) is 6.42 Å². The highest BCUT2D eigenvalue weighted by Gasteiger charge is 2.38. The van der Waals surface area contributed by atoms with Gasteiger partial charge in [-0.15, -0.1) is 0 Å². The van der Waals surface area contributed by atoms with Gasteiger partial charge in [-0.1, -0.05) is 45.0 Å². The first kappa shape index (κ1) is 13.8. The summed E-state index contributed by atoms with van der Waals surface area (Å²) in [7, 11) is 0. The summed E-state index contributed by atoms with van der Waals surface area (Å²) in [4.78, 5) is 22.9. The average Bonchev–Trinajstić information content (AvgIpc) is 2.70. The van der Waals surface area contributed by atoms with Crippen LogP contribution in [0.5, 0.6) is 0 Å². The quantitative estimate of drug-likeness (QED) is 0.606. The molecule has 0 saturated carbocycles. The van der Waals surface area contributed by atoms with Crippen molar-refractivity contribution in [3.63, 3.8) is 0 Å². The minimum atomic E-state index is -0.590. The highest BCUT2D eigenvalue weighted by molar-refractivity contribution is 5.98. The zero-order valence-electron chi connectivity index (χ0n) is 11.9. The summed E-state index contributed by atoms with van der Waals surface area (Å²) in [5.74, 6) is -1.09. The monoisotopic (exact) mass is 260 g/mol. The Labute approximate surface area is 114 Å². The molecule has 0 aromatic heterocycles. The Balaban J connectivity index is 2.16. The highest BCUT2D eigenvalue weighted by atomic mass is 16.6. The molecular formula is C16H20O3. The lowest BCUT2D eigenvalue weighted by molar-refractivity contribution is -0.146. The van der Waals surface area contributed by atoms with Crippen molar-refractivity contribution in [2.75, 3.05) is 0 Å². The van der Waals surface area contributed by atoms with E-state index in [4.69, 9.17) is 4.74 Å². The lowest BCUT2D eigenvalue weighted by atomic mass is 9.86. The summed E-state index contributed by atoms with van der Waals surface area (Å²) in [6.45, 7) is 7.91. The first-order chi connectivity index (χ1) is 8.79. The smallest absolute Gasteiger partial charge is 0.317 e. The van der Waals surface area contributed by atoms with Crippen LogP contribution in [0.25, 0.3) is 0 Å². The molecule has 1 heterocycles. The largest absolute Gasteiger partial charge is 0.457 e. The van der Waals surface area contributed by atoms with Crippen LogP contribution in [0.3, 0.4) is 0 Å². The molecule has 1 saturated heterocycles. The summed E-state index contributed by atoms with van der Waals surface area (Å²) >= 11 is 0. The van der Waals surface area contributed by atoms with Crippen LogP contribution in [0.15, 0.2) is 24.3 Å². The second-order valence-electron chi connectivity index (χ2n) is 6.20. The van der Waals surface area contributed by atoms with Crippen LogP contribution in [0.4, 0.5) is 0 Å². The van der Waals surface area contributed by atoms with E-state index in [1.54, 1.807) is 0 Å². The molecule has 102 valence electrons. The predicted octanol–water partition coefficient (Wildman–Crippen LogP) is 3.18. The van der Waals surface area contributed by atoms with Gasteiger partial charge >= 0.3 is 5.97 Å². The van der Waals surface area contributed by atoms with E-state index in [0.717, 1.165) is 5.56 Å². The molecule has 1 aliphatic heterocycles. The van der Waals surface area contributed by atoms with E-state index in [2.05, 4.69) is 32.9 Å². The van der Waals surface area contributed by atoms with Gasteiger partial charge in [0.1, 0.15) is 17.8 Å². The van der Waals surface area contributed by atoms with Gasteiger partial charge in [0.05, 0.1) is 0 Å². The molecule has 1 aromatic rings. The van der Waals surface area contributed by atoms with Gasteiger partial charge in [-0.25, -0.2) is 0 Å². The maximum Gasteiger partial charge on any atom is 0.317 e. The van der Waals surface area contributed by atoms with E-state index in [0.29, 0.717) is 6.42 Å². The molecule has 2 rings (SSSR count). The summed E-state index contributed by atoms with van der Waals surface area (Å²) in [6.07, 6.45) is 0.179. The van der Waals surface area contributed by atoms with Crippen LogP contribution in [-0.4, -0.2) is 11.8 Å². The molecule has 1 aromatic carbocycles. The van der Waals surface area contributed by atoms with Crippen LogP contribution >= 0.6 is 0 Å². The van der Waals surface area contributed by atoms with Crippen molar-refractivity contribution in [3.05, 3.63) is 35.4 Å². The second kappa shape index (κ2) is 4.80. The predicted molar refractivity (Wildman–Crippen MR) is 72.8 cm³/mol. The van der Waals surface area contributed by atoms with Crippen molar-refractivity contribution in [1.82, 2.24) is 0 Å². The molecule has 0 aliphatic carbocycles. The summed E-state index contributed by atoms with van der Waals surface area (Å²) < 4.78 is 5.29. The number of benzene rings is 1. The van der Waals surface area contributed by atoms with Gasteiger partial charge < -0.3 is 4.74 Å². The minimum absolute atomic E-state index is 0.104. The molecule has 0 N–H and O–H groups in total. The number of rotatable bonds is 2. The van der Waals surface area contributed by atoms with Gasteiger partial charge in [0.2, 0.25) is 0 Å². The number of carbonyl (C=O) groups excluding carboxylic acids is 2. The topological polar surface area (TPSA) is 43.4 Å². The van der Waals surface area contributed by atoms with E-state index in [1.165, 1.54) is 12.5 Å². The number of carbonyl (C=O) groups is 2. The molecule has 3 nitrogen and oxygen atoms in total. The van der Waals surface area contributed by atoms with Gasteiger partial charge in [0.25, 0.3) is 0 Å². The Morgan fingerprint density at radius 3 is 2.21 bits per heavy atom. The van der Waals surface area contributed by atoms with E-state index < -0.39 is 11.9 Å². The zero-order chi connectivity index (χ0) is 14.2. The minimum Gasteiger partial charge on any atom is -0.457 e. The van der Waals surface area contributed by atoms with Crippen LogP contribution in [0, 0.1) is 5.92 Å². The van der Waals surface area contributed by atoms with Crippen molar-refractivity contribution in [2.45, 2.75) is 45.6 Å². The maximum absolute atomic E-state index is 11.6. The SMILES string of the molecule is CC(=O)C1CC(c2ccc(C(C)(C)C)cc2)OC1=O. The van der Waals surface area contributed by atoms with Crippen molar-refractivity contribution in [3.8, 4) is 0 Å². The lowest BCUT2D eigenvalue weighted by Crippen LogP contribution is -2.15. The van der Waals surface area contributed by atoms with E-state index >= 15 is 0 Å². The zero-order valence-corrected chi connectivity index (χ0v) is 11.9. The molecule has 1 fully saturated rings.